The molecule has 0 saturated carbocycles. The standard InChI is InChI=1S/C46H29BN2/c1-5-15-30-26(11-1)21-22-38-42(30)43-33-18-8-2-12-27(33)23-35-40-31-16-6-4-14-29(31)25-39-44(40)47(49(38)45(35)43)36-24-28-13-3-7-17-32(28)41-34-19-9-10-20-37(34)48(39)46(36)41/h1-3,5,7-13,15,17-25H,4,6,14,16H2. The first-order chi connectivity index (χ1) is 24.3. The van der Waals surface area contributed by atoms with Crippen molar-refractivity contribution in [3.63, 3.8) is 0 Å². The van der Waals surface area contributed by atoms with Crippen molar-refractivity contribution in [1.29, 1.82) is 0 Å². The van der Waals surface area contributed by atoms with E-state index in [1.54, 1.807) is 11.1 Å². The molecule has 226 valence electrons. The fourth-order valence-electron chi connectivity index (χ4n) is 10.6. The zero-order valence-corrected chi connectivity index (χ0v) is 26.9. The van der Waals surface area contributed by atoms with E-state index < -0.39 is 0 Å². The van der Waals surface area contributed by atoms with Crippen LogP contribution in [0.4, 0.5) is 0 Å². The van der Waals surface area contributed by atoms with Crippen LogP contribution < -0.4 is 10.9 Å². The lowest BCUT2D eigenvalue weighted by Gasteiger charge is -2.37. The van der Waals surface area contributed by atoms with E-state index in [4.69, 9.17) is 0 Å². The summed E-state index contributed by atoms with van der Waals surface area (Å²) in [4.78, 5) is 0. The molecule has 0 atom stereocenters. The predicted molar refractivity (Wildman–Crippen MR) is 209 cm³/mol. The Kier molecular flexibility index (Phi) is 4.44. The molecule has 4 heterocycles. The van der Waals surface area contributed by atoms with Gasteiger partial charge in [0.05, 0.1) is 11.0 Å². The highest BCUT2D eigenvalue weighted by Gasteiger charge is 2.43. The molecule has 0 unspecified atom stereocenters. The molecule has 0 N–H and O–H groups in total. The normalized spacial score (nSPS) is 14.6. The fourth-order valence-corrected chi connectivity index (χ4v) is 10.6. The molecule has 0 bridgehead atoms. The number of aromatic nitrogens is 2. The predicted octanol–water partition coefficient (Wildman–Crippen LogP) is 10.2. The molecule has 3 heteroatoms. The molecule has 0 spiro atoms. The van der Waals surface area contributed by atoms with Gasteiger partial charge in [0.25, 0.3) is 0 Å². The van der Waals surface area contributed by atoms with Crippen LogP contribution >= 0.6 is 0 Å². The summed E-state index contributed by atoms with van der Waals surface area (Å²) in [7, 11) is 0. The highest BCUT2D eigenvalue weighted by Crippen LogP contribution is 2.49. The van der Waals surface area contributed by atoms with Gasteiger partial charge in [-0.2, -0.15) is 0 Å². The van der Waals surface area contributed by atoms with E-state index in [9.17, 15) is 0 Å². The van der Waals surface area contributed by atoms with Gasteiger partial charge in [-0.15, -0.1) is 0 Å². The zero-order valence-electron chi connectivity index (χ0n) is 26.9. The largest absolute Gasteiger partial charge is 0.375 e. The van der Waals surface area contributed by atoms with Crippen molar-refractivity contribution < 1.29 is 0 Å². The number of benzene rings is 8. The summed E-state index contributed by atoms with van der Waals surface area (Å²) >= 11 is 0. The Balaban J connectivity index is 1.36. The Morgan fingerprint density at radius 2 is 1.18 bits per heavy atom. The molecule has 1 aliphatic carbocycles. The minimum absolute atomic E-state index is 0.0657. The summed E-state index contributed by atoms with van der Waals surface area (Å²) in [5.74, 6) is 0. The third kappa shape index (κ3) is 2.87. The molecule has 2 aliphatic heterocycles. The van der Waals surface area contributed by atoms with E-state index in [2.05, 4.69) is 136 Å². The first kappa shape index (κ1) is 25.3. The summed E-state index contributed by atoms with van der Waals surface area (Å²) in [6.45, 7) is 0.0657. The number of nitrogens with zero attached hydrogens (tertiary/aromatic N) is 2. The summed E-state index contributed by atoms with van der Waals surface area (Å²) in [6, 6.07) is 48.8. The van der Waals surface area contributed by atoms with E-state index in [-0.39, 0.29) is 6.85 Å². The van der Waals surface area contributed by atoms with Crippen LogP contribution in [0.3, 0.4) is 0 Å². The Labute approximate surface area is 282 Å². The maximum atomic E-state index is 2.77. The lowest BCUT2D eigenvalue weighted by molar-refractivity contribution is 0.687. The van der Waals surface area contributed by atoms with Gasteiger partial charge in [0.1, 0.15) is 0 Å². The van der Waals surface area contributed by atoms with Crippen molar-refractivity contribution in [2.75, 3.05) is 0 Å². The van der Waals surface area contributed by atoms with Gasteiger partial charge in [0, 0.05) is 43.8 Å². The molecule has 0 saturated heterocycles. The average molecular weight is 621 g/mol. The van der Waals surface area contributed by atoms with E-state index >= 15 is 0 Å². The minimum Gasteiger partial charge on any atom is -0.375 e. The molecular weight excluding hydrogens is 591 g/mol. The monoisotopic (exact) mass is 620 g/mol. The number of fused-ring (bicyclic) bond motifs is 18. The summed E-state index contributed by atoms with van der Waals surface area (Å²) in [5.41, 5.74) is 15.8. The van der Waals surface area contributed by atoms with Crippen LogP contribution in [0.25, 0.3) is 92.7 Å². The lowest BCUT2D eigenvalue weighted by atomic mass is 9.45. The second-order valence-corrected chi connectivity index (χ2v) is 14.6. The molecule has 3 aliphatic rings. The van der Waals surface area contributed by atoms with Crippen LogP contribution in [-0.2, 0) is 12.8 Å². The van der Waals surface area contributed by atoms with Gasteiger partial charge in [-0.25, -0.2) is 0 Å². The smallest absolute Gasteiger partial charge is 0.333 e. The van der Waals surface area contributed by atoms with Gasteiger partial charge in [-0.3, -0.25) is 0 Å². The Morgan fingerprint density at radius 3 is 2.02 bits per heavy atom. The molecule has 0 radical (unpaired) electrons. The van der Waals surface area contributed by atoms with Crippen LogP contribution in [0, 0.1) is 0 Å². The van der Waals surface area contributed by atoms with Gasteiger partial charge >= 0.3 is 6.85 Å². The minimum atomic E-state index is 0.0657. The van der Waals surface area contributed by atoms with Crippen molar-refractivity contribution in [3.8, 4) is 16.8 Å². The average Bonchev–Trinajstić information content (AvgIpc) is 3.70. The number of rotatable bonds is 0. The molecular formula is C46H29BN2. The van der Waals surface area contributed by atoms with E-state index in [1.165, 1.54) is 117 Å². The SMILES string of the molecule is c1ccc2c(c1)ccc1c2c2c3ccccc3cc3c2n1B1c2c(cc4c(c2-3)CCCC4)-n2c3ccccc3c3c4ccccc4cc1c32. The molecule has 8 aromatic carbocycles. The second kappa shape index (κ2) is 8.61. The van der Waals surface area contributed by atoms with Crippen LogP contribution in [0.5, 0.6) is 0 Å². The number of hydrogen-bond donors (Lipinski definition) is 0. The van der Waals surface area contributed by atoms with Gasteiger partial charge in [-0.05, 0) is 110 Å². The van der Waals surface area contributed by atoms with Crippen molar-refractivity contribution in [2.45, 2.75) is 25.7 Å². The molecule has 2 aromatic heterocycles. The Morgan fingerprint density at radius 1 is 0.510 bits per heavy atom. The summed E-state index contributed by atoms with van der Waals surface area (Å²) in [6.07, 6.45) is 4.81. The Bertz CT molecular complexity index is 3170. The van der Waals surface area contributed by atoms with Gasteiger partial charge < -0.3 is 9.05 Å². The second-order valence-electron chi connectivity index (χ2n) is 14.6. The maximum Gasteiger partial charge on any atom is 0.333 e. The van der Waals surface area contributed by atoms with E-state index in [0.717, 1.165) is 12.8 Å². The van der Waals surface area contributed by atoms with Crippen molar-refractivity contribution >= 4 is 93.7 Å². The van der Waals surface area contributed by atoms with Crippen molar-refractivity contribution in [2.24, 2.45) is 0 Å². The lowest BCUT2D eigenvalue weighted by Crippen LogP contribution is -2.55. The molecule has 10 aromatic rings. The number of para-hydroxylation sites is 1. The fraction of sp³-hybridized carbons (Fsp3) is 0.0870. The van der Waals surface area contributed by atoms with Gasteiger partial charge in [0.2, 0.25) is 0 Å². The maximum absolute atomic E-state index is 2.77. The van der Waals surface area contributed by atoms with Crippen LogP contribution in [0.2, 0.25) is 0 Å². The highest BCUT2D eigenvalue weighted by atomic mass is 15.0. The van der Waals surface area contributed by atoms with E-state index in [1.807, 2.05) is 0 Å². The van der Waals surface area contributed by atoms with Crippen LogP contribution in [0.1, 0.15) is 24.0 Å². The summed E-state index contributed by atoms with van der Waals surface area (Å²) in [5, 5.41) is 13.5. The number of hydrogen-bond acceptors (Lipinski definition) is 0. The quantitative estimate of drug-likeness (QED) is 0.149. The first-order valence-electron chi connectivity index (χ1n) is 17.9. The summed E-state index contributed by atoms with van der Waals surface area (Å²) < 4.78 is 5.42. The zero-order chi connectivity index (χ0) is 31.5. The molecule has 49 heavy (non-hydrogen) atoms. The van der Waals surface area contributed by atoms with Crippen LogP contribution in [0.15, 0.2) is 127 Å². The third-order valence-electron chi connectivity index (χ3n) is 12.4. The van der Waals surface area contributed by atoms with Gasteiger partial charge in [0.15, 0.2) is 0 Å². The van der Waals surface area contributed by atoms with Crippen molar-refractivity contribution in [3.05, 3.63) is 139 Å². The van der Waals surface area contributed by atoms with E-state index in [0.29, 0.717) is 0 Å². The number of aryl methyl sites for hydroxylation is 1. The molecule has 2 nitrogen and oxygen atoms in total. The molecule has 13 rings (SSSR count). The Hall–Kier alpha value is -5.80. The first-order valence-corrected chi connectivity index (χ1v) is 17.9. The highest BCUT2D eigenvalue weighted by molar-refractivity contribution is 6.90. The molecule has 0 amide bonds. The van der Waals surface area contributed by atoms with Crippen molar-refractivity contribution in [1.82, 2.24) is 9.05 Å². The van der Waals surface area contributed by atoms with Gasteiger partial charge in [-0.1, -0.05) is 103 Å². The molecule has 0 fully saturated rings. The third-order valence-corrected chi connectivity index (χ3v) is 12.4. The van der Waals surface area contributed by atoms with Crippen LogP contribution in [-0.4, -0.2) is 15.9 Å². The topological polar surface area (TPSA) is 9.86 Å².